The van der Waals surface area contributed by atoms with E-state index in [2.05, 4.69) is 6.58 Å². The molecule has 1 rings (SSSR count). The summed E-state index contributed by atoms with van der Waals surface area (Å²) in [6, 6.07) is 1.22. The quantitative estimate of drug-likeness (QED) is 0.709. The van der Waals surface area contributed by atoms with E-state index in [1.165, 1.54) is 27.2 Å². The van der Waals surface area contributed by atoms with Gasteiger partial charge in [-0.3, -0.25) is 0 Å². The molecule has 0 aromatic carbocycles. The molecule has 0 fully saturated rings. The van der Waals surface area contributed by atoms with Crippen molar-refractivity contribution in [1.82, 2.24) is 8.87 Å². The minimum absolute atomic E-state index is 0.00882. The molecule has 0 saturated carbocycles. The first-order valence-electron chi connectivity index (χ1n) is 6.92. The van der Waals surface area contributed by atoms with Crippen molar-refractivity contribution >= 4 is 16.0 Å². The minimum atomic E-state index is -3.70. The van der Waals surface area contributed by atoms with Gasteiger partial charge in [0.15, 0.2) is 0 Å². The van der Waals surface area contributed by atoms with Crippen molar-refractivity contribution in [3.05, 3.63) is 30.6 Å². The first-order valence-corrected chi connectivity index (χ1v) is 8.37. The number of aromatic nitrogens is 1. The number of aromatic carboxylic acids is 1. The lowest BCUT2D eigenvalue weighted by Gasteiger charge is -2.18. The summed E-state index contributed by atoms with van der Waals surface area (Å²) in [4.78, 5) is 11.2. The van der Waals surface area contributed by atoms with E-state index < -0.39 is 16.0 Å². The number of carboxylic acid groups (broad SMARTS) is 1. The molecule has 0 unspecified atom stereocenters. The number of carboxylic acids is 1. The average molecular weight is 314 g/mol. The van der Waals surface area contributed by atoms with Crippen LogP contribution >= 0.6 is 0 Å². The molecular weight excluding hydrogens is 292 g/mol. The Kier molecular flexibility index (Phi) is 6.17. The maximum absolute atomic E-state index is 12.6. The molecule has 0 atom stereocenters. The van der Waals surface area contributed by atoms with E-state index >= 15 is 0 Å². The molecule has 0 amide bonds. The summed E-state index contributed by atoms with van der Waals surface area (Å²) < 4.78 is 27.9. The molecule has 1 aromatic rings. The number of carbonyl (C=O) groups is 1. The second-order valence-electron chi connectivity index (χ2n) is 4.71. The average Bonchev–Trinajstić information content (AvgIpc) is 2.84. The van der Waals surface area contributed by atoms with Crippen molar-refractivity contribution in [3.8, 4) is 0 Å². The maximum atomic E-state index is 12.6. The van der Waals surface area contributed by atoms with Crippen LogP contribution in [0.1, 0.15) is 37.2 Å². The zero-order valence-corrected chi connectivity index (χ0v) is 13.3. The SMILES string of the molecule is C=CCN(CCC)S(=O)(=O)c1cc(C(=O)O)n(CCC)c1. The molecule has 6 nitrogen and oxygen atoms in total. The predicted octanol–water partition coefficient (Wildman–Crippen LogP) is 2.18. The summed E-state index contributed by atoms with van der Waals surface area (Å²) >= 11 is 0. The smallest absolute Gasteiger partial charge is 0.352 e. The van der Waals surface area contributed by atoms with Crippen LogP contribution in [0.5, 0.6) is 0 Å². The van der Waals surface area contributed by atoms with Gasteiger partial charge in [-0.05, 0) is 18.9 Å². The molecule has 0 aliphatic carbocycles. The molecule has 0 bridgehead atoms. The molecule has 0 aliphatic heterocycles. The van der Waals surface area contributed by atoms with E-state index in [1.807, 2.05) is 13.8 Å². The van der Waals surface area contributed by atoms with Gasteiger partial charge in [-0.15, -0.1) is 6.58 Å². The van der Waals surface area contributed by atoms with Crippen molar-refractivity contribution in [3.63, 3.8) is 0 Å². The molecule has 0 aliphatic rings. The topological polar surface area (TPSA) is 79.6 Å². The Labute approximate surface area is 125 Å². The van der Waals surface area contributed by atoms with Gasteiger partial charge < -0.3 is 9.67 Å². The zero-order chi connectivity index (χ0) is 16.0. The fourth-order valence-corrected chi connectivity index (χ4v) is 3.63. The van der Waals surface area contributed by atoms with Crippen molar-refractivity contribution in [2.24, 2.45) is 0 Å². The van der Waals surface area contributed by atoms with Crippen LogP contribution in [0.4, 0.5) is 0 Å². The van der Waals surface area contributed by atoms with E-state index in [9.17, 15) is 18.3 Å². The third-order valence-corrected chi connectivity index (χ3v) is 4.83. The van der Waals surface area contributed by atoms with Crippen LogP contribution in [-0.4, -0.2) is 41.5 Å². The first kappa shape index (κ1) is 17.5. The van der Waals surface area contributed by atoms with Crippen molar-refractivity contribution < 1.29 is 18.3 Å². The number of rotatable bonds is 9. The minimum Gasteiger partial charge on any atom is -0.477 e. The molecule has 0 spiro atoms. The van der Waals surface area contributed by atoms with Crippen molar-refractivity contribution in [2.75, 3.05) is 13.1 Å². The van der Waals surface area contributed by atoms with E-state index in [-0.39, 0.29) is 17.1 Å². The molecular formula is C14H22N2O4S. The molecule has 1 N–H and O–H groups in total. The van der Waals surface area contributed by atoms with Crippen molar-refractivity contribution in [1.29, 1.82) is 0 Å². The van der Waals surface area contributed by atoms with E-state index in [0.717, 1.165) is 6.42 Å². The molecule has 0 saturated heterocycles. The van der Waals surface area contributed by atoms with Gasteiger partial charge in [-0.2, -0.15) is 4.31 Å². The lowest BCUT2D eigenvalue weighted by atomic mass is 10.4. The molecule has 118 valence electrons. The molecule has 21 heavy (non-hydrogen) atoms. The summed E-state index contributed by atoms with van der Waals surface area (Å²) in [7, 11) is -3.70. The number of hydrogen-bond acceptors (Lipinski definition) is 3. The second-order valence-corrected chi connectivity index (χ2v) is 6.65. The van der Waals surface area contributed by atoms with Crippen LogP contribution in [0, 0.1) is 0 Å². The zero-order valence-electron chi connectivity index (χ0n) is 12.4. The highest BCUT2D eigenvalue weighted by Crippen LogP contribution is 2.20. The Morgan fingerprint density at radius 1 is 1.43 bits per heavy atom. The Morgan fingerprint density at radius 3 is 2.57 bits per heavy atom. The lowest BCUT2D eigenvalue weighted by molar-refractivity contribution is 0.0685. The summed E-state index contributed by atoms with van der Waals surface area (Å²) in [5.74, 6) is -1.13. The van der Waals surface area contributed by atoms with E-state index in [0.29, 0.717) is 19.5 Å². The Morgan fingerprint density at radius 2 is 2.10 bits per heavy atom. The molecule has 1 heterocycles. The van der Waals surface area contributed by atoms with Crippen molar-refractivity contribution in [2.45, 2.75) is 38.1 Å². The van der Waals surface area contributed by atoms with Crippen LogP contribution < -0.4 is 0 Å². The normalized spacial score (nSPS) is 11.8. The van der Waals surface area contributed by atoms with E-state index in [4.69, 9.17) is 0 Å². The highest BCUT2D eigenvalue weighted by atomic mass is 32.2. The second kappa shape index (κ2) is 7.42. The van der Waals surface area contributed by atoms with E-state index in [1.54, 1.807) is 0 Å². The predicted molar refractivity (Wildman–Crippen MR) is 80.9 cm³/mol. The number of nitrogens with zero attached hydrogens (tertiary/aromatic N) is 2. The van der Waals surface area contributed by atoms with Gasteiger partial charge in [0, 0.05) is 25.8 Å². The number of hydrogen-bond donors (Lipinski definition) is 1. The third-order valence-electron chi connectivity index (χ3n) is 3.00. The molecule has 7 heteroatoms. The molecule has 1 aromatic heterocycles. The Balaban J connectivity index is 3.26. The van der Waals surface area contributed by atoms with Gasteiger partial charge in [0.2, 0.25) is 10.0 Å². The fraction of sp³-hybridized carbons (Fsp3) is 0.500. The highest BCUT2D eigenvalue weighted by Gasteiger charge is 2.26. The number of sulfonamides is 1. The van der Waals surface area contributed by atoms with Gasteiger partial charge in [0.25, 0.3) is 0 Å². The first-order chi connectivity index (χ1) is 9.88. The summed E-state index contributed by atoms with van der Waals surface area (Å²) in [6.45, 7) is 8.40. The van der Waals surface area contributed by atoms with Crippen LogP contribution in [0.15, 0.2) is 29.8 Å². The summed E-state index contributed by atoms with van der Waals surface area (Å²) in [5, 5.41) is 9.17. The van der Waals surface area contributed by atoms with Crippen LogP contribution in [0.3, 0.4) is 0 Å². The fourth-order valence-electron chi connectivity index (χ4n) is 2.08. The Bertz CT molecular complexity index is 604. The number of aryl methyl sites for hydroxylation is 1. The van der Waals surface area contributed by atoms with Gasteiger partial charge in [-0.25, -0.2) is 13.2 Å². The standard InChI is InChI=1S/C14H22N2O4S/c1-4-7-15-11-12(10-13(15)14(17)18)21(19,20)16(8-5-2)9-6-3/h5,10-11H,2,4,6-9H2,1,3H3,(H,17,18). The summed E-state index contributed by atoms with van der Waals surface area (Å²) in [6.07, 6.45) is 4.32. The summed E-state index contributed by atoms with van der Waals surface area (Å²) in [5.41, 5.74) is -0.00882. The third kappa shape index (κ3) is 3.95. The van der Waals surface area contributed by atoms with Crippen LogP contribution in [0.25, 0.3) is 0 Å². The monoisotopic (exact) mass is 314 g/mol. The van der Waals surface area contributed by atoms with Gasteiger partial charge in [0.1, 0.15) is 10.6 Å². The molecule has 0 radical (unpaired) electrons. The maximum Gasteiger partial charge on any atom is 0.352 e. The van der Waals surface area contributed by atoms with Gasteiger partial charge >= 0.3 is 5.97 Å². The van der Waals surface area contributed by atoms with Gasteiger partial charge in [-0.1, -0.05) is 19.9 Å². The van der Waals surface area contributed by atoms with Crippen LogP contribution in [-0.2, 0) is 16.6 Å². The lowest BCUT2D eigenvalue weighted by Crippen LogP contribution is -2.31. The Hall–Kier alpha value is -1.60. The highest BCUT2D eigenvalue weighted by molar-refractivity contribution is 7.89. The largest absolute Gasteiger partial charge is 0.477 e. The van der Waals surface area contributed by atoms with Crippen LogP contribution in [0.2, 0.25) is 0 Å². The van der Waals surface area contributed by atoms with Gasteiger partial charge in [0.05, 0.1) is 0 Å².